The van der Waals surface area contributed by atoms with Gasteiger partial charge in [-0.1, -0.05) is 35.6 Å². The number of hydrogen-bond acceptors (Lipinski definition) is 6. The predicted molar refractivity (Wildman–Crippen MR) is 117 cm³/mol. The van der Waals surface area contributed by atoms with Crippen LogP contribution >= 0.6 is 23.7 Å². The monoisotopic (exact) mass is 413 g/mol. The maximum Gasteiger partial charge on any atom is 0.280 e. The molecule has 0 aliphatic rings. The summed E-state index contributed by atoms with van der Waals surface area (Å²) in [7, 11) is 3.97. The zero-order valence-electron chi connectivity index (χ0n) is 15.6. The average molecular weight is 414 g/mol. The standard InChI is InChI=1S/C20H19N5OS.ClH/c1-24(2)11-12-25(20-23-16-9-5-6-10-18(16)27-20)19(26)17-13-21-14-7-3-4-8-15(14)22-17;/h3-10,13H,11-12H2,1-2H3;1H. The number of carbonyl (C=O) groups is 1. The normalized spacial score (nSPS) is 11.0. The fourth-order valence-corrected chi connectivity index (χ4v) is 3.75. The molecule has 0 aliphatic carbocycles. The number of hydrogen-bond donors (Lipinski definition) is 0. The van der Waals surface area contributed by atoms with Crippen LogP contribution in [0.3, 0.4) is 0 Å². The SMILES string of the molecule is CN(C)CCN(C(=O)c1cnc2ccccc2n1)c1nc2ccccc2s1.Cl. The summed E-state index contributed by atoms with van der Waals surface area (Å²) in [5.74, 6) is -0.186. The van der Waals surface area contributed by atoms with Crippen LogP contribution in [0.5, 0.6) is 0 Å². The molecule has 144 valence electrons. The minimum Gasteiger partial charge on any atom is -0.308 e. The molecule has 0 fully saturated rings. The van der Waals surface area contributed by atoms with Crippen molar-refractivity contribution in [1.29, 1.82) is 0 Å². The van der Waals surface area contributed by atoms with Gasteiger partial charge in [-0.25, -0.2) is 9.97 Å². The average Bonchev–Trinajstić information content (AvgIpc) is 3.11. The maximum absolute atomic E-state index is 13.2. The number of aromatic nitrogens is 3. The summed E-state index contributed by atoms with van der Waals surface area (Å²) in [6, 6.07) is 15.4. The molecule has 6 nitrogen and oxygen atoms in total. The fourth-order valence-electron chi connectivity index (χ4n) is 2.76. The van der Waals surface area contributed by atoms with Gasteiger partial charge < -0.3 is 4.90 Å². The van der Waals surface area contributed by atoms with Crippen LogP contribution < -0.4 is 4.90 Å². The number of halogens is 1. The molecule has 0 atom stereocenters. The van der Waals surface area contributed by atoms with Crippen LogP contribution in [-0.2, 0) is 0 Å². The molecule has 0 spiro atoms. The van der Waals surface area contributed by atoms with E-state index in [1.54, 1.807) is 11.1 Å². The third-order valence-corrected chi connectivity index (χ3v) is 5.26. The number of fused-ring (bicyclic) bond motifs is 2. The molecular weight excluding hydrogens is 394 g/mol. The van der Waals surface area contributed by atoms with Crippen molar-refractivity contribution < 1.29 is 4.79 Å². The van der Waals surface area contributed by atoms with Crippen LogP contribution in [0.25, 0.3) is 21.3 Å². The molecule has 2 aromatic heterocycles. The lowest BCUT2D eigenvalue weighted by molar-refractivity contribution is 0.0980. The van der Waals surface area contributed by atoms with E-state index < -0.39 is 0 Å². The molecule has 0 saturated heterocycles. The van der Waals surface area contributed by atoms with Gasteiger partial charge in [0.25, 0.3) is 5.91 Å². The molecule has 2 heterocycles. The van der Waals surface area contributed by atoms with Gasteiger partial charge in [-0.15, -0.1) is 12.4 Å². The fraction of sp³-hybridized carbons (Fsp3) is 0.200. The molecule has 0 saturated carbocycles. The van der Waals surface area contributed by atoms with E-state index in [9.17, 15) is 4.79 Å². The summed E-state index contributed by atoms with van der Waals surface area (Å²) in [6.45, 7) is 1.25. The largest absolute Gasteiger partial charge is 0.308 e. The number of rotatable bonds is 5. The summed E-state index contributed by atoms with van der Waals surface area (Å²) >= 11 is 1.51. The van der Waals surface area contributed by atoms with Gasteiger partial charge in [0.2, 0.25) is 0 Å². The third kappa shape index (κ3) is 4.11. The van der Waals surface area contributed by atoms with Gasteiger partial charge in [0.15, 0.2) is 5.13 Å². The highest BCUT2D eigenvalue weighted by molar-refractivity contribution is 7.22. The molecular formula is C20H20ClN5OS. The quantitative estimate of drug-likeness (QED) is 0.497. The van der Waals surface area contributed by atoms with Crippen molar-refractivity contribution in [3.8, 4) is 0 Å². The predicted octanol–water partition coefficient (Wildman–Crippen LogP) is 3.87. The number of benzene rings is 2. The van der Waals surface area contributed by atoms with Crippen molar-refractivity contribution in [2.24, 2.45) is 0 Å². The molecule has 0 bridgehead atoms. The van der Waals surface area contributed by atoms with E-state index in [0.29, 0.717) is 22.9 Å². The lowest BCUT2D eigenvalue weighted by Crippen LogP contribution is -2.37. The number of anilines is 1. The first-order valence-electron chi connectivity index (χ1n) is 8.66. The molecule has 2 aromatic carbocycles. The lowest BCUT2D eigenvalue weighted by atomic mass is 10.3. The van der Waals surface area contributed by atoms with Crippen LogP contribution in [0.2, 0.25) is 0 Å². The Balaban J connectivity index is 0.00000225. The Bertz CT molecular complexity index is 1080. The van der Waals surface area contributed by atoms with E-state index in [1.807, 2.05) is 67.5 Å². The van der Waals surface area contributed by atoms with Crippen molar-refractivity contribution in [2.75, 3.05) is 32.1 Å². The van der Waals surface area contributed by atoms with Gasteiger partial charge in [-0.3, -0.25) is 14.7 Å². The second kappa shape index (κ2) is 8.60. The minimum absolute atomic E-state index is 0. The van der Waals surface area contributed by atoms with E-state index in [2.05, 4.69) is 15.0 Å². The summed E-state index contributed by atoms with van der Waals surface area (Å²) < 4.78 is 1.06. The van der Waals surface area contributed by atoms with E-state index in [1.165, 1.54) is 11.3 Å². The topological polar surface area (TPSA) is 62.2 Å². The highest BCUT2D eigenvalue weighted by Gasteiger charge is 2.23. The van der Waals surface area contributed by atoms with Gasteiger partial charge in [0.1, 0.15) is 5.69 Å². The van der Waals surface area contributed by atoms with Crippen LogP contribution in [0.1, 0.15) is 10.5 Å². The Labute approximate surface area is 173 Å². The Hall–Kier alpha value is -2.61. The van der Waals surface area contributed by atoms with Crippen molar-refractivity contribution in [3.05, 3.63) is 60.4 Å². The van der Waals surface area contributed by atoms with Crippen LogP contribution in [0.4, 0.5) is 5.13 Å². The minimum atomic E-state index is -0.186. The molecule has 4 aromatic rings. The van der Waals surface area contributed by atoms with Gasteiger partial charge >= 0.3 is 0 Å². The number of para-hydroxylation sites is 3. The van der Waals surface area contributed by atoms with E-state index in [-0.39, 0.29) is 18.3 Å². The number of nitrogens with zero attached hydrogens (tertiary/aromatic N) is 5. The van der Waals surface area contributed by atoms with Crippen molar-refractivity contribution >= 4 is 56.0 Å². The maximum atomic E-state index is 13.2. The van der Waals surface area contributed by atoms with Crippen LogP contribution in [-0.4, -0.2) is 52.9 Å². The first-order chi connectivity index (χ1) is 13.1. The molecule has 0 aliphatic heterocycles. The van der Waals surface area contributed by atoms with Crippen LogP contribution in [0.15, 0.2) is 54.7 Å². The Morgan fingerprint density at radius 3 is 2.32 bits per heavy atom. The van der Waals surface area contributed by atoms with Crippen LogP contribution in [0, 0.1) is 0 Å². The van der Waals surface area contributed by atoms with Gasteiger partial charge in [0.05, 0.1) is 27.4 Å². The number of likely N-dealkylation sites (N-methyl/N-ethyl adjacent to an activating group) is 1. The number of thiazole rings is 1. The number of carbonyl (C=O) groups excluding carboxylic acids is 1. The zero-order chi connectivity index (χ0) is 18.8. The summed E-state index contributed by atoms with van der Waals surface area (Å²) in [4.78, 5) is 30.5. The summed E-state index contributed by atoms with van der Waals surface area (Å²) in [6.07, 6.45) is 1.54. The summed E-state index contributed by atoms with van der Waals surface area (Å²) in [5, 5.41) is 0.679. The van der Waals surface area contributed by atoms with Crippen molar-refractivity contribution in [2.45, 2.75) is 0 Å². The second-order valence-electron chi connectivity index (χ2n) is 6.47. The van der Waals surface area contributed by atoms with Gasteiger partial charge in [0, 0.05) is 13.1 Å². The highest BCUT2D eigenvalue weighted by Crippen LogP contribution is 2.29. The van der Waals surface area contributed by atoms with Crippen molar-refractivity contribution in [1.82, 2.24) is 19.9 Å². The first kappa shape index (κ1) is 20.1. The lowest BCUT2D eigenvalue weighted by Gasteiger charge is -2.21. The van der Waals surface area contributed by atoms with Gasteiger partial charge in [-0.2, -0.15) is 0 Å². The third-order valence-electron chi connectivity index (χ3n) is 4.20. The smallest absolute Gasteiger partial charge is 0.280 e. The Morgan fingerprint density at radius 2 is 1.61 bits per heavy atom. The molecule has 28 heavy (non-hydrogen) atoms. The summed E-state index contributed by atoms with van der Waals surface area (Å²) in [5.41, 5.74) is 2.70. The van der Waals surface area contributed by atoms with Crippen molar-refractivity contribution in [3.63, 3.8) is 0 Å². The van der Waals surface area contributed by atoms with E-state index >= 15 is 0 Å². The van der Waals surface area contributed by atoms with E-state index in [0.717, 1.165) is 22.3 Å². The first-order valence-corrected chi connectivity index (χ1v) is 9.47. The number of amides is 1. The van der Waals surface area contributed by atoms with E-state index in [4.69, 9.17) is 0 Å². The molecule has 0 radical (unpaired) electrons. The molecule has 1 amide bonds. The Kier molecular flexibility index (Phi) is 6.18. The molecule has 0 unspecified atom stereocenters. The molecule has 0 N–H and O–H groups in total. The van der Waals surface area contributed by atoms with Gasteiger partial charge in [-0.05, 0) is 38.4 Å². The zero-order valence-corrected chi connectivity index (χ0v) is 17.2. The second-order valence-corrected chi connectivity index (χ2v) is 7.48. The Morgan fingerprint density at radius 1 is 0.929 bits per heavy atom. The highest BCUT2D eigenvalue weighted by atomic mass is 35.5. The molecule has 8 heteroatoms. The molecule has 4 rings (SSSR count).